The highest BCUT2D eigenvalue weighted by atomic mass is 16.5. The molecule has 0 aliphatic heterocycles. The Kier molecular flexibility index (Phi) is 5.70. The Bertz CT molecular complexity index is 1190. The van der Waals surface area contributed by atoms with Crippen LogP contribution in [0.5, 0.6) is 0 Å². The van der Waals surface area contributed by atoms with Gasteiger partial charge in [-0.3, -0.25) is 4.79 Å². The fraction of sp³-hybridized carbons (Fsp3) is 0.214. The molecule has 0 fully saturated rings. The van der Waals surface area contributed by atoms with E-state index in [-0.39, 0.29) is 11.3 Å². The molecule has 1 aliphatic carbocycles. The summed E-state index contributed by atoms with van der Waals surface area (Å²) < 4.78 is 4.72. The Hall–Kier alpha value is -3.66. The molecular weight excluding hydrogens is 398 g/mol. The number of nitrogens with one attached hydrogen (secondary N) is 1. The van der Waals surface area contributed by atoms with Crippen molar-refractivity contribution >= 4 is 23.1 Å². The van der Waals surface area contributed by atoms with Crippen LogP contribution in [-0.2, 0) is 10.2 Å². The fourth-order valence-electron chi connectivity index (χ4n) is 4.14. The number of carbonyl (C=O) groups excluding carboxylic acids is 2. The van der Waals surface area contributed by atoms with Crippen LogP contribution in [0, 0.1) is 5.92 Å². The van der Waals surface area contributed by atoms with Crippen molar-refractivity contribution < 1.29 is 14.3 Å². The summed E-state index contributed by atoms with van der Waals surface area (Å²) in [5.41, 5.74) is 6.25. The molecule has 0 radical (unpaired) electrons. The summed E-state index contributed by atoms with van der Waals surface area (Å²) in [4.78, 5) is 24.6. The van der Waals surface area contributed by atoms with Gasteiger partial charge in [0.1, 0.15) is 0 Å². The maximum Gasteiger partial charge on any atom is 0.337 e. The molecule has 1 atom stereocenters. The van der Waals surface area contributed by atoms with E-state index >= 15 is 0 Å². The van der Waals surface area contributed by atoms with Gasteiger partial charge in [0.2, 0.25) is 0 Å². The van der Waals surface area contributed by atoms with Crippen molar-refractivity contribution in [2.45, 2.75) is 26.2 Å². The van der Waals surface area contributed by atoms with E-state index in [4.69, 9.17) is 4.74 Å². The summed E-state index contributed by atoms with van der Waals surface area (Å²) in [6.45, 7) is 6.74. The lowest BCUT2D eigenvalue weighted by Gasteiger charge is -2.38. The number of rotatable bonds is 4. The predicted octanol–water partition coefficient (Wildman–Crippen LogP) is 6.08. The molecule has 4 rings (SSSR count). The van der Waals surface area contributed by atoms with Gasteiger partial charge in [0.15, 0.2) is 0 Å². The first kappa shape index (κ1) is 21.6. The number of hydrogen-bond acceptors (Lipinski definition) is 3. The van der Waals surface area contributed by atoms with Crippen molar-refractivity contribution in [3.63, 3.8) is 0 Å². The number of esters is 1. The van der Waals surface area contributed by atoms with Crippen LogP contribution in [0.1, 0.15) is 58.2 Å². The molecule has 1 amide bonds. The summed E-state index contributed by atoms with van der Waals surface area (Å²) in [6, 6.07) is 22.9. The smallest absolute Gasteiger partial charge is 0.337 e. The number of carbonyl (C=O) groups is 2. The van der Waals surface area contributed by atoms with E-state index in [9.17, 15) is 9.59 Å². The zero-order chi connectivity index (χ0) is 22.9. The van der Waals surface area contributed by atoms with Gasteiger partial charge in [-0.2, -0.15) is 0 Å². The lowest BCUT2D eigenvalue weighted by atomic mass is 9.66. The van der Waals surface area contributed by atoms with Crippen LogP contribution in [0.3, 0.4) is 0 Å². The molecule has 0 aromatic heterocycles. The molecule has 3 aromatic carbocycles. The molecule has 32 heavy (non-hydrogen) atoms. The zero-order valence-electron chi connectivity index (χ0n) is 18.8. The molecule has 1 aliphatic rings. The van der Waals surface area contributed by atoms with Crippen LogP contribution >= 0.6 is 0 Å². The molecule has 0 saturated carbocycles. The summed E-state index contributed by atoms with van der Waals surface area (Å²) in [5, 5.41) is 2.92. The van der Waals surface area contributed by atoms with Crippen molar-refractivity contribution in [3.8, 4) is 0 Å². The second kappa shape index (κ2) is 8.46. The third kappa shape index (κ3) is 3.96. The van der Waals surface area contributed by atoms with E-state index < -0.39 is 5.97 Å². The van der Waals surface area contributed by atoms with Gasteiger partial charge in [-0.25, -0.2) is 4.79 Å². The third-order valence-electron chi connectivity index (χ3n) is 6.47. The molecule has 4 heteroatoms. The van der Waals surface area contributed by atoms with Crippen molar-refractivity contribution in [3.05, 3.63) is 107 Å². The highest BCUT2D eigenvalue weighted by Gasteiger charge is 2.34. The Morgan fingerprint density at radius 2 is 1.56 bits per heavy atom. The van der Waals surface area contributed by atoms with Gasteiger partial charge in [0, 0.05) is 11.3 Å². The number of anilines is 1. The van der Waals surface area contributed by atoms with Gasteiger partial charge < -0.3 is 10.1 Å². The minimum Gasteiger partial charge on any atom is -0.465 e. The van der Waals surface area contributed by atoms with Crippen molar-refractivity contribution in [2.75, 3.05) is 12.4 Å². The van der Waals surface area contributed by atoms with Crippen molar-refractivity contribution in [2.24, 2.45) is 5.92 Å². The van der Waals surface area contributed by atoms with E-state index in [2.05, 4.69) is 50.4 Å². The van der Waals surface area contributed by atoms with Gasteiger partial charge in [-0.05, 0) is 70.0 Å². The van der Waals surface area contributed by atoms with Gasteiger partial charge >= 0.3 is 5.97 Å². The van der Waals surface area contributed by atoms with Gasteiger partial charge in [0.25, 0.3) is 5.91 Å². The van der Waals surface area contributed by atoms with Crippen LogP contribution in [-0.4, -0.2) is 19.0 Å². The number of hydrogen-bond donors (Lipinski definition) is 1. The van der Waals surface area contributed by atoms with Crippen LogP contribution in [0.2, 0.25) is 0 Å². The molecule has 0 saturated heterocycles. The largest absolute Gasteiger partial charge is 0.465 e. The number of amides is 1. The second-order valence-electron chi connectivity index (χ2n) is 8.74. The quantitative estimate of drug-likeness (QED) is 0.515. The zero-order valence-corrected chi connectivity index (χ0v) is 18.8. The molecular formula is C28H27NO3. The molecule has 0 heterocycles. The van der Waals surface area contributed by atoms with Crippen LogP contribution < -0.4 is 5.32 Å². The van der Waals surface area contributed by atoms with E-state index in [1.54, 1.807) is 24.3 Å². The summed E-state index contributed by atoms with van der Waals surface area (Å²) >= 11 is 0. The Morgan fingerprint density at radius 3 is 2.22 bits per heavy atom. The van der Waals surface area contributed by atoms with E-state index in [1.807, 2.05) is 30.3 Å². The molecule has 0 spiro atoms. The fourth-order valence-corrected chi connectivity index (χ4v) is 4.14. The Balaban J connectivity index is 1.67. The first-order chi connectivity index (χ1) is 15.3. The number of benzene rings is 3. The number of allylic oxidation sites excluding steroid dienone is 1. The summed E-state index contributed by atoms with van der Waals surface area (Å²) in [5.74, 6) is -0.240. The summed E-state index contributed by atoms with van der Waals surface area (Å²) in [6.07, 6.45) is 2.31. The van der Waals surface area contributed by atoms with Crippen LogP contribution in [0.25, 0.3) is 5.57 Å². The van der Waals surface area contributed by atoms with Crippen LogP contribution in [0.15, 0.2) is 78.9 Å². The SMILES string of the molecule is COC(=O)c1ccc(NC(=O)c2ccc3c(c2)C(c2ccccc2)=CC(C)C3(C)C)cc1. The van der Waals surface area contributed by atoms with Gasteiger partial charge in [0.05, 0.1) is 12.7 Å². The number of methoxy groups -OCH3 is 1. The van der Waals surface area contributed by atoms with Crippen molar-refractivity contribution in [1.82, 2.24) is 0 Å². The van der Waals surface area contributed by atoms with E-state index in [0.717, 1.165) is 16.7 Å². The normalized spacial score (nSPS) is 16.5. The maximum atomic E-state index is 13.0. The lowest BCUT2D eigenvalue weighted by molar-refractivity contribution is 0.0600. The average molecular weight is 426 g/mol. The lowest BCUT2D eigenvalue weighted by Crippen LogP contribution is -2.30. The Morgan fingerprint density at radius 1 is 0.906 bits per heavy atom. The van der Waals surface area contributed by atoms with Gasteiger partial charge in [-0.1, -0.05) is 63.2 Å². The minimum atomic E-state index is -0.408. The maximum absolute atomic E-state index is 13.0. The first-order valence-corrected chi connectivity index (χ1v) is 10.7. The molecule has 0 bridgehead atoms. The highest BCUT2D eigenvalue weighted by molar-refractivity contribution is 6.05. The molecule has 1 unspecified atom stereocenters. The number of fused-ring (bicyclic) bond motifs is 1. The van der Waals surface area contributed by atoms with Gasteiger partial charge in [-0.15, -0.1) is 0 Å². The minimum absolute atomic E-state index is 0.0354. The number of ether oxygens (including phenoxy) is 1. The van der Waals surface area contributed by atoms with Crippen LogP contribution in [0.4, 0.5) is 5.69 Å². The third-order valence-corrected chi connectivity index (χ3v) is 6.47. The van der Waals surface area contributed by atoms with E-state index in [1.165, 1.54) is 12.7 Å². The predicted molar refractivity (Wildman–Crippen MR) is 128 cm³/mol. The van der Waals surface area contributed by atoms with Crippen molar-refractivity contribution in [1.29, 1.82) is 0 Å². The molecule has 1 N–H and O–H groups in total. The highest BCUT2D eigenvalue weighted by Crippen LogP contribution is 2.44. The first-order valence-electron chi connectivity index (χ1n) is 10.7. The molecule has 3 aromatic rings. The topological polar surface area (TPSA) is 55.4 Å². The molecule has 4 nitrogen and oxygen atoms in total. The molecule has 162 valence electrons. The standard InChI is InChI=1S/C28H27NO3/c1-18-16-23(19-8-6-5-7-9-19)24-17-21(12-15-25(24)28(18,2)3)26(30)29-22-13-10-20(11-14-22)27(31)32-4/h5-18H,1-4H3,(H,29,30). The average Bonchev–Trinajstić information content (AvgIpc) is 2.81. The monoisotopic (exact) mass is 425 g/mol. The van der Waals surface area contributed by atoms with E-state index in [0.29, 0.717) is 22.7 Å². The Labute approximate surface area is 188 Å². The summed E-state index contributed by atoms with van der Waals surface area (Å²) in [7, 11) is 1.34. The second-order valence-corrected chi connectivity index (χ2v) is 8.74.